The predicted molar refractivity (Wildman–Crippen MR) is 113 cm³/mol. The summed E-state index contributed by atoms with van der Waals surface area (Å²) in [6.45, 7) is 6.15. The van der Waals surface area contributed by atoms with Gasteiger partial charge in [-0.3, -0.25) is 4.79 Å². The zero-order chi connectivity index (χ0) is 17.8. The monoisotopic (exact) mass is 390 g/mol. The van der Waals surface area contributed by atoms with Gasteiger partial charge in [0, 0.05) is 35.8 Å². The van der Waals surface area contributed by atoms with E-state index in [1.165, 1.54) is 21.6 Å². The third kappa shape index (κ3) is 5.03. The van der Waals surface area contributed by atoms with Gasteiger partial charge in [0.05, 0.1) is 0 Å². The Balaban J connectivity index is 0.00000243. The van der Waals surface area contributed by atoms with Gasteiger partial charge in [-0.2, -0.15) is 0 Å². The van der Waals surface area contributed by atoms with Gasteiger partial charge >= 0.3 is 0 Å². The molecule has 1 heterocycles. The Bertz CT molecular complexity index is 759. The van der Waals surface area contributed by atoms with Gasteiger partial charge in [0.2, 0.25) is 0 Å². The van der Waals surface area contributed by atoms with Gasteiger partial charge in [0.1, 0.15) is 0 Å². The fraction of sp³-hybridized carbons (Fsp3) is 0.381. The van der Waals surface area contributed by atoms with Crippen LogP contribution in [-0.2, 0) is 5.75 Å². The fourth-order valence-electron chi connectivity index (χ4n) is 3.16. The third-order valence-corrected chi connectivity index (χ3v) is 6.04. The van der Waals surface area contributed by atoms with Crippen LogP contribution in [0.25, 0.3) is 0 Å². The van der Waals surface area contributed by atoms with Crippen molar-refractivity contribution in [2.24, 2.45) is 0 Å². The van der Waals surface area contributed by atoms with Gasteiger partial charge < -0.3 is 10.2 Å². The van der Waals surface area contributed by atoms with Crippen molar-refractivity contribution in [1.29, 1.82) is 0 Å². The van der Waals surface area contributed by atoms with Crippen molar-refractivity contribution in [2.75, 3.05) is 20.1 Å². The van der Waals surface area contributed by atoms with E-state index >= 15 is 0 Å². The largest absolute Gasteiger partial charge is 0.337 e. The zero-order valence-corrected chi connectivity index (χ0v) is 17.3. The van der Waals surface area contributed by atoms with Gasteiger partial charge in [0.25, 0.3) is 5.91 Å². The second-order valence-electron chi connectivity index (χ2n) is 6.82. The van der Waals surface area contributed by atoms with Crippen LogP contribution in [0.15, 0.2) is 47.4 Å². The summed E-state index contributed by atoms with van der Waals surface area (Å²) in [7, 11) is 1.91. The molecule has 5 heteroatoms. The Morgan fingerprint density at radius 1 is 1.23 bits per heavy atom. The van der Waals surface area contributed by atoms with E-state index in [9.17, 15) is 4.79 Å². The minimum Gasteiger partial charge on any atom is -0.337 e. The van der Waals surface area contributed by atoms with E-state index in [2.05, 4.69) is 43.4 Å². The number of amides is 1. The van der Waals surface area contributed by atoms with Crippen molar-refractivity contribution in [2.45, 2.75) is 37.0 Å². The molecule has 1 saturated heterocycles. The smallest absolute Gasteiger partial charge is 0.253 e. The Hall–Kier alpha value is -1.49. The van der Waals surface area contributed by atoms with E-state index in [0.29, 0.717) is 6.04 Å². The molecule has 1 aliphatic rings. The second kappa shape index (κ2) is 9.45. The summed E-state index contributed by atoms with van der Waals surface area (Å²) in [5.41, 5.74) is 4.56. The SMILES string of the molecule is Cc1ccc(C)c(SCc2cccc(C(=O)N(C)C3CCNC3)c2)c1.Cl. The first kappa shape index (κ1) is 20.8. The number of thioether (sulfide) groups is 1. The van der Waals surface area contributed by atoms with Crippen molar-refractivity contribution in [3.05, 3.63) is 64.7 Å². The average molecular weight is 391 g/mol. The molecule has 0 saturated carbocycles. The molecule has 0 bridgehead atoms. The van der Waals surface area contributed by atoms with Gasteiger partial charge in [-0.25, -0.2) is 0 Å². The van der Waals surface area contributed by atoms with Crippen LogP contribution in [0, 0.1) is 13.8 Å². The number of carbonyl (C=O) groups excluding carboxylic acids is 1. The lowest BCUT2D eigenvalue weighted by atomic mass is 10.1. The van der Waals surface area contributed by atoms with Crippen LogP contribution in [0.5, 0.6) is 0 Å². The molecule has 26 heavy (non-hydrogen) atoms. The van der Waals surface area contributed by atoms with Crippen LogP contribution in [0.2, 0.25) is 0 Å². The minimum atomic E-state index is 0. The van der Waals surface area contributed by atoms with E-state index in [4.69, 9.17) is 0 Å². The summed E-state index contributed by atoms with van der Waals surface area (Å²) in [4.78, 5) is 15.9. The van der Waals surface area contributed by atoms with Crippen LogP contribution in [0.4, 0.5) is 0 Å². The molecule has 0 radical (unpaired) electrons. The molecule has 3 nitrogen and oxygen atoms in total. The summed E-state index contributed by atoms with van der Waals surface area (Å²) >= 11 is 1.83. The molecule has 1 amide bonds. The highest BCUT2D eigenvalue weighted by Crippen LogP contribution is 2.27. The summed E-state index contributed by atoms with van der Waals surface area (Å²) in [5, 5.41) is 3.32. The topological polar surface area (TPSA) is 32.3 Å². The molecule has 1 fully saturated rings. The van der Waals surface area contributed by atoms with Crippen molar-refractivity contribution >= 4 is 30.1 Å². The number of aryl methyl sites for hydroxylation is 2. The number of carbonyl (C=O) groups is 1. The van der Waals surface area contributed by atoms with E-state index < -0.39 is 0 Å². The molecule has 2 aromatic carbocycles. The van der Waals surface area contributed by atoms with Crippen LogP contribution in [0.1, 0.15) is 33.5 Å². The van der Waals surface area contributed by atoms with E-state index in [0.717, 1.165) is 30.8 Å². The number of benzene rings is 2. The Morgan fingerprint density at radius 2 is 2.04 bits per heavy atom. The highest BCUT2D eigenvalue weighted by Gasteiger charge is 2.24. The molecular formula is C21H27ClN2OS. The molecule has 1 N–H and O–H groups in total. The van der Waals surface area contributed by atoms with Gasteiger partial charge in [-0.05, 0) is 56.1 Å². The van der Waals surface area contributed by atoms with Crippen molar-refractivity contribution in [3.8, 4) is 0 Å². The Labute approximate surface area is 167 Å². The van der Waals surface area contributed by atoms with E-state index in [-0.39, 0.29) is 18.3 Å². The summed E-state index contributed by atoms with van der Waals surface area (Å²) < 4.78 is 0. The molecule has 1 unspecified atom stereocenters. The first-order valence-corrected chi connectivity index (χ1v) is 9.80. The maximum absolute atomic E-state index is 12.7. The number of hydrogen-bond acceptors (Lipinski definition) is 3. The number of nitrogens with one attached hydrogen (secondary N) is 1. The summed E-state index contributed by atoms with van der Waals surface area (Å²) in [6.07, 6.45) is 1.03. The molecule has 0 aromatic heterocycles. The van der Waals surface area contributed by atoms with E-state index in [1.807, 2.05) is 41.9 Å². The van der Waals surface area contributed by atoms with Gasteiger partial charge in [-0.15, -0.1) is 24.2 Å². The van der Waals surface area contributed by atoms with Crippen molar-refractivity contribution in [3.63, 3.8) is 0 Å². The molecule has 140 valence electrons. The lowest BCUT2D eigenvalue weighted by Gasteiger charge is -2.24. The van der Waals surface area contributed by atoms with Gasteiger partial charge in [0.15, 0.2) is 0 Å². The molecule has 3 rings (SSSR count). The van der Waals surface area contributed by atoms with Gasteiger partial charge in [-0.1, -0.05) is 29.8 Å². The highest BCUT2D eigenvalue weighted by molar-refractivity contribution is 7.98. The lowest BCUT2D eigenvalue weighted by Crippen LogP contribution is -2.38. The summed E-state index contributed by atoms with van der Waals surface area (Å²) in [6, 6.07) is 14.9. The Morgan fingerprint density at radius 3 is 2.77 bits per heavy atom. The molecule has 0 aliphatic carbocycles. The van der Waals surface area contributed by atoms with Crippen molar-refractivity contribution < 1.29 is 4.79 Å². The van der Waals surface area contributed by atoms with Crippen LogP contribution in [-0.4, -0.2) is 37.0 Å². The van der Waals surface area contributed by atoms with Crippen molar-refractivity contribution in [1.82, 2.24) is 10.2 Å². The lowest BCUT2D eigenvalue weighted by molar-refractivity contribution is 0.0743. The van der Waals surface area contributed by atoms with E-state index in [1.54, 1.807) is 0 Å². The normalized spacial score (nSPS) is 16.2. The summed E-state index contributed by atoms with van der Waals surface area (Å²) in [5.74, 6) is 0.993. The minimum absolute atomic E-state index is 0. The average Bonchev–Trinajstić information content (AvgIpc) is 3.16. The number of halogens is 1. The zero-order valence-electron chi connectivity index (χ0n) is 15.6. The number of nitrogens with zero attached hydrogens (tertiary/aromatic N) is 1. The van der Waals surface area contributed by atoms with Crippen LogP contribution < -0.4 is 5.32 Å². The maximum atomic E-state index is 12.7. The first-order chi connectivity index (χ1) is 12.0. The highest BCUT2D eigenvalue weighted by atomic mass is 35.5. The molecule has 1 atom stereocenters. The number of likely N-dealkylation sites (N-methyl/N-ethyl adjacent to an activating group) is 1. The quantitative estimate of drug-likeness (QED) is 0.765. The first-order valence-electron chi connectivity index (χ1n) is 8.81. The second-order valence-corrected chi connectivity index (χ2v) is 7.84. The molecule has 0 spiro atoms. The Kier molecular flexibility index (Phi) is 7.56. The molecular weight excluding hydrogens is 364 g/mol. The third-order valence-electron chi connectivity index (χ3n) is 4.81. The predicted octanol–water partition coefficient (Wildman–Crippen LogP) is 4.45. The van der Waals surface area contributed by atoms with Crippen LogP contribution in [0.3, 0.4) is 0 Å². The molecule has 2 aromatic rings. The maximum Gasteiger partial charge on any atom is 0.253 e. The number of hydrogen-bond donors (Lipinski definition) is 1. The standard InChI is InChI=1S/C21H26N2OS.ClH/c1-15-7-8-16(2)20(11-15)25-14-17-5-4-6-18(12-17)21(24)23(3)19-9-10-22-13-19;/h4-8,11-12,19,22H,9-10,13-14H2,1-3H3;1H. The molecule has 1 aliphatic heterocycles. The van der Waals surface area contributed by atoms with Crippen LogP contribution >= 0.6 is 24.2 Å². The number of rotatable bonds is 5. The fourth-order valence-corrected chi connectivity index (χ4v) is 4.22.